The molecule has 2 aromatic rings. The lowest BCUT2D eigenvalue weighted by atomic mass is 10.1. The summed E-state index contributed by atoms with van der Waals surface area (Å²) in [6.07, 6.45) is 1.54. The zero-order chi connectivity index (χ0) is 16.2. The van der Waals surface area contributed by atoms with E-state index in [2.05, 4.69) is 14.9 Å². The molecule has 1 N–H and O–H groups in total. The van der Waals surface area contributed by atoms with E-state index in [0.717, 1.165) is 11.0 Å². The first-order valence-electron chi connectivity index (χ1n) is 6.93. The smallest absolute Gasteiger partial charge is 0.245 e. The molecule has 1 heterocycles. The molecule has 0 saturated heterocycles. The fraction of sp³-hybridized carbons (Fsp3) is 0.333. The minimum Gasteiger partial charge on any atom is -0.338 e. The van der Waals surface area contributed by atoms with Gasteiger partial charge in [0.15, 0.2) is 5.82 Å². The summed E-state index contributed by atoms with van der Waals surface area (Å²) in [6.45, 7) is 5.45. The molecule has 22 heavy (non-hydrogen) atoms. The summed E-state index contributed by atoms with van der Waals surface area (Å²) in [5.41, 5.74) is 0.808. The molecule has 0 aliphatic carbocycles. The summed E-state index contributed by atoms with van der Waals surface area (Å²) in [6, 6.07) is 8.65. The van der Waals surface area contributed by atoms with Gasteiger partial charge in [0, 0.05) is 5.41 Å². The van der Waals surface area contributed by atoms with Crippen LogP contribution in [0.15, 0.2) is 40.3 Å². The van der Waals surface area contributed by atoms with Gasteiger partial charge in [-0.2, -0.15) is 9.71 Å². The highest BCUT2D eigenvalue weighted by Gasteiger charge is 2.25. The summed E-state index contributed by atoms with van der Waals surface area (Å²) in [5.74, 6) is 0.712. The van der Waals surface area contributed by atoms with Gasteiger partial charge in [0.25, 0.3) is 0 Å². The van der Waals surface area contributed by atoms with E-state index >= 15 is 0 Å². The maximum Gasteiger partial charge on any atom is 0.245 e. The van der Waals surface area contributed by atoms with Crippen LogP contribution in [0.4, 0.5) is 0 Å². The quantitative estimate of drug-likeness (QED) is 0.884. The third kappa shape index (κ3) is 4.51. The molecule has 0 spiro atoms. The Kier molecular flexibility index (Phi) is 5.10. The van der Waals surface area contributed by atoms with Crippen molar-refractivity contribution in [2.45, 2.75) is 26.8 Å². The summed E-state index contributed by atoms with van der Waals surface area (Å²) < 4.78 is 32.1. The lowest BCUT2D eigenvalue weighted by molar-refractivity contribution is 0.310. The SMILES string of the molecule is Cc1noc(C(NS(=O)(=O)/C=C/c2ccccc2)C(C)C)n1. The van der Waals surface area contributed by atoms with Crippen LogP contribution >= 0.6 is 0 Å². The van der Waals surface area contributed by atoms with Gasteiger partial charge in [-0.15, -0.1) is 0 Å². The molecule has 0 aliphatic heterocycles. The van der Waals surface area contributed by atoms with Crippen LogP contribution in [0.1, 0.15) is 37.2 Å². The molecule has 6 nitrogen and oxygen atoms in total. The number of aromatic nitrogens is 2. The van der Waals surface area contributed by atoms with Gasteiger partial charge in [0.1, 0.15) is 6.04 Å². The molecule has 0 bridgehead atoms. The molecule has 7 heteroatoms. The molecule has 0 amide bonds. The number of aryl methyl sites for hydroxylation is 1. The van der Waals surface area contributed by atoms with E-state index in [1.165, 1.54) is 0 Å². The van der Waals surface area contributed by atoms with E-state index in [9.17, 15) is 8.42 Å². The fourth-order valence-electron chi connectivity index (χ4n) is 1.86. The summed E-state index contributed by atoms with van der Waals surface area (Å²) in [4.78, 5) is 4.11. The van der Waals surface area contributed by atoms with Gasteiger partial charge in [0.2, 0.25) is 15.9 Å². The predicted octanol–water partition coefficient (Wildman–Crippen LogP) is 2.67. The standard InChI is InChI=1S/C15H19N3O3S/c1-11(2)14(15-16-12(3)17-21-15)18-22(19,20)10-9-13-7-5-4-6-8-13/h4-11,14,18H,1-3H3/b10-9+. The third-order valence-electron chi connectivity index (χ3n) is 3.01. The Labute approximate surface area is 130 Å². The first kappa shape index (κ1) is 16.4. The van der Waals surface area contributed by atoms with E-state index in [4.69, 9.17) is 4.52 Å². The summed E-state index contributed by atoms with van der Waals surface area (Å²) in [7, 11) is -3.62. The number of nitrogens with one attached hydrogen (secondary N) is 1. The Morgan fingerprint density at radius 1 is 1.23 bits per heavy atom. The molecular weight excluding hydrogens is 302 g/mol. The largest absolute Gasteiger partial charge is 0.338 e. The van der Waals surface area contributed by atoms with Crippen molar-refractivity contribution in [1.29, 1.82) is 0 Å². The Morgan fingerprint density at radius 3 is 2.45 bits per heavy atom. The first-order chi connectivity index (χ1) is 10.4. The van der Waals surface area contributed by atoms with E-state index in [-0.39, 0.29) is 11.8 Å². The van der Waals surface area contributed by atoms with Gasteiger partial charge < -0.3 is 4.52 Å². The highest BCUT2D eigenvalue weighted by Crippen LogP contribution is 2.21. The predicted molar refractivity (Wildman–Crippen MR) is 84.1 cm³/mol. The van der Waals surface area contributed by atoms with Crippen LogP contribution in [0.3, 0.4) is 0 Å². The van der Waals surface area contributed by atoms with E-state index in [1.807, 2.05) is 44.2 Å². The van der Waals surface area contributed by atoms with Crippen LogP contribution in [0.2, 0.25) is 0 Å². The van der Waals surface area contributed by atoms with Crippen molar-refractivity contribution in [3.63, 3.8) is 0 Å². The minimum absolute atomic E-state index is 0.0280. The maximum absolute atomic E-state index is 12.2. The van der Waals surface area contributed by atoms with Gasteiger partial charge in [-0.05, 0) is 24.5 Å². The molecule has 0 fully saturated rings. The Balaban J connectivity index is 2.16. The van der Waals surface area contributed by atoms with E-state index in [0.29, 0.717) is 5.82 Å². The van der Waals surface area contributed by atoms with Crippen molar-refractivity contribution in [2.75, 3.05) is 0 Å². The summed E-state index contributed by atoms with van der Waals surface area (Å²) >= 11 is 0. The molecule has 2 rings (SSSR count). The van der Waals surface area contributed by atoms with E-state index < -0.39 is 16.1 Å². The van der Waals surface area contributed by atoms with Gasteiger partial charge in [-0.1, -0.05) is 49.3 Å². The molecule has 1 aromatic carbocycles. The Bertz CT molecular complexity index is 736. The van der Waals surface area contributed by atoms with Gasteiger partial charge in [-0.3, -0.25) is 0 Å². The molecule has 1 aromatic heterocycles. The first-order valence-corrected chi connectivity index (χ1v) is 8.48. The molecule has 0 saturated carbocycles. The van der Waals surface area contributed by atoms with Crippen molar-refractivity contribution < 1.29 is 12.9 Å². The number of rotatable bonds is 6. The molecular formula is C15H19N3O3S. The van der Waals surface area contributed by atoms with Crippen molar-refractivity contribution >= 4 is 16.1 Å². The van der Waals surface area contributed by atoms with Crippen LogP contribution < -0.4 is 4.72 Å². The van der Waals surface area contributed by atoms with Crippen molar-refractivity contribution in [2.24, 2.45) is 5.92 Å². The Hall–Kier alpha value is -1.99. The zero-order valence-corrected chi connectivity index (χ0v) is 13.5. The summed E-state index contributed by atoms with van der Waals surface area (Å²) in [5, 5.41) is 4.84. The van der Waals surface area contributed by atoms with Gasteiger partial charge in [0.05, 0.1) is 0 Å². The van der Waals surface area contributed by atoms with Crippen molar-refractivity contribution in [3.8, 4) is 0 Å². The normalized spacial score (nSPS) is 13.8. The molecule has 118 valence electrons. The molecule has 1 atom stereocenters. The average molecular weight is 321 g/mol. The number of sulfonamides is 1. The van der Waals surface area contributed by atoms with Gasteiger partial charge >= 0.3 is 0 Å². The fourth-order valence-corrected chi connectivity index (χ4v) is 3.00. The number of nitrogens with zero attached hydrogens (tertiary/aromatic N) is 2. The Morgan fingerprint density at radius 2 is 1.91 bits per heavy atom. The molecule has 1 unspecified atom stereocenters. The minimum atomic E-state index is -3.62. The number of benzene rings is 1. The average Bonchev–Trinajstić information content (AvgIpc) is 2.90. The van der Waals surface area contributed by atoms with Crippen LogP contribution in [-0.2, 0) is 10.0 Å². The van der Waals surface area contributed by atoms with Crippen LogP contribution in [0.5, 0.6) is 0 Å². The van der Waals surface area contributed by atoms with Crippen LogP contribution in [0, 0.1) is 12.8 Å². The molecule has 0 aliphatic rings. The van der Waals surface area contributed by atoms with Crippen molar-refractivity contribution in [1.82, 2.24) is 14.9 Å². The lowest BCUT2D eigenvalue weighted by Gasteiger charge is -2.17. The number of hydrogen-bond donors (Lipinski definition) is 1. The van der Waals surface area contributed by atoms with Crippen molar-refractivity contribution in [3.05, 3.63) is 53.0 Å². The van der Waals surface area contributed by atoms with Crippen LogP contribution in [0.25, 0.3) is 6.08 Å². The lowest BCUT2D eigenvalue weighted by Crippen LogP contribution is -2.30. The second-order valence-corrected chi connectivity index (χ2v) is 6.88. The monoisotopic (exact) mass is 321 g/mol. The topological polar surface area (TPSA) is 85.1 Å². The maximum atomic E-state index is 12.2. The second-order valence-electron chi connectivity index (χ2n) is 5.28. The van der Waals surface area contributed by atoms with Gasteiger partial charge in [-0.25, -0.2) is 8.42 Å². The highest BCUT2D eigenvalue weighted by atomic mass is 32.2. The zero-order valence-electron chi connectivity index (χ0n) is 12.7. The molecule has 0 radical (unpaired) electrons. The number of hydrogen-bond acceptors (Lipinski definition) is 5. The van der Waals surface area contributed by atoms with E-state index in [1.54, 1.807) is 13.0 Å². The highest BCUT2D eigenvalue weighted by molar-refractivity contribution is 7.92. The second kappa shape index (κ2) is 6.85. The van der Waals surface area contributed by atoms with Crippen LogP contribution in [-0.4, -0.2) is 18.6 Å². The third-order valence-corrected chi connectivity index (χ3v) is 4.08.